The van der Waals surface area contributed by atoms with Crippen molar-refractivity contribution >= 4 is 49.7 Å². The van der Waals surface area contributed by atoms with Crippen molar-refractivity contribution in [2.75, 3.05) is 10.0 Å². The number of carbonyl (C=O) groups excluding carboxylic acids is 1. The molecule has 186 valence electrons. The van der Waals surface area contributed by atoms with Gasteiger partial charge >= 0.3 is 0 Å². The highest BCUT2D eigenvalue weighted by molar-refractivity contribution is 7.92. The molecule has 9 heteroatoms. The maximum atomic E-state index is 13.2. The summed E-state index contributed by atoms with van der Waals surface area (Å²) >= 11 is 7.52. The van der Waals surface area contributed by atoms with Gasteiger partial charge in [-0.1, -0.05) is 66.8 Å². The molecule has 35 heavy (non-hydrogen) atoms. The number of anilines is 2. The number of thiazole rings is 1. The molecule has 3 aromatic rings. The smallest absolute Gasteiger partial charge is 0.262 e. The van der Waals surface area contributed by atoms with Crippen LogP contribution in [-0.4, -0.2) is 19.3 Å². The fourth-order valence-corrected chi connectivity index (χ4v) is 6.91. The average molecular weight is 532 g/mol. The van der Waals surface area contributed by atoms with Crippen LogP contribution in [0.15, 0.2) is 41.3 Å². The Hall–Kier alpha value is -2.42. The summed E-state index contributed by atoms with van der Waals surface area (Å²) in [6.07, 6.45) is 6.39. The van der Waals surface area contributed by atoms with Crippen LogP contribution in [0.25, 0.3) is 10.4 Å². The molecule has 1 amide bonds. The van der Waals surface area contributed by atoms with Crippen LogP contribution in [0, 0.1) is 26.7 Å². The quantitative estimate of drug-likeness (QED) is 0.324. The number of carbonyl (C=O) groups is 1. The second kappa shape index (κ2) is 10.7. The molecule has 0 unspecified atom stereocenters. The van der Waals surface area contributed by atoms with Gasteiger partial charge in [-0.3, -0.25) is 9.52 Å². The molecule has 1 aromatic heterocycles. The first-order valence-corrected chi connectivity index (χ1v) is 14.5. The minimum Gasteiger partial charge on any atom is -0.302 e. The molecule has 0 aliphatic heterocycles. The SMILES string of the molecule is Cc1ccc(NS(=O)(=O)c2cc(-c3sc(NC(=O)CCC4CCCC4)nc3C)ccc2C)cc1Cl. The maximum absolute atomic E-state index is 13.2. The van der Waals surface area contributed by atoms with Gasteiger partial charge in [-0.25, -0.2) is 13.4 Å². The van der Waals surface area contributed by atoms with Crippen LogP contribution < -0.4 is 10.0 Å². The van der Waals surface area contributed by atoms with Gasteiger partial charge in [-0.2, -0.15) is 0 Å². The molecule has 0 bridgehead atoms. The van der Waals surface area contributed by atoms with Crippen molar-refractivity contribution in [3.63, 3.8) is 0 Å². The van der Waals surface area contributed by atoms with E-state index in [0.29, 0.717) is 33.7 Å². The van der Waals surface area contributed by atoms with Gasteiger partial charge in [0.25, 0.3) is 10.0 Å². The number of benzene rings is 2. The number of aryl methyl sites for hydroxylation is 3. The molecule has 1 aliphatic carbocycles. The summed E-state index contributed by atoms with van der Waals surface area (Å²) < 4.78 is 29.0. The van der Waals surface area contributed by atoms with Crippen molar-refractivity contribution in [3.8, 4) is 10.4 Å². The summed E-state index contributed by atoms with van der Waals surface area (Å²) in [5.41, 5.74) is 3.38. The lowest BCUT2D eigenvalue weighted by Gasteiger charge is -2.12. The van der Waals surface area contributed by atoms with Gasteiger partial charge in [0, 0.05) is 11.4 Å². The number of amides is 1. The molecule has 0 atom stereocenters. The molecule has 0 radical (unpaired) electrons. The lowest BCUT2D eigenvalue weighted by atomic mass is 10.0. The van der Waals surface area contributed by atoms with Crippen molar-refractivity contribution in [1.82, 2.24) is 4.98 Å². The fourth-order valence-electron chi connectivity index (χ4n) is 4.43. The van der Waals surface area contributed by atoms with Crippen molar-refractivity contribution in [1.29, 1.82) is 0 Å². The largest absolute Gasteiger partial charge is 0.302 e. The summed E-state index contributed by atoms with van der Waals surface area (Å²) in [6.45, 7) is 5.48. The van der Waals surface area contributed by atoms with Crippen molar-refractivity contribution in [2.45, 2.75) is 64.2 Å². The van der Waals surface area contributed by atoms with Gasteiger partial charge in [-0.05, 0) is 68.0 Å². The highest BCUT2D eigenvalue weighted by Gasteiger charge is 2.21. The first-order valence-electron chi connectivity index (χ1n) is 11.8. The lowest BCUT2D eigenvalue weighted by molar-refractivity contribution is -0.116. The van der Waals surface area contributed by atoms with Crippen LogP contribution in [0.5, 0.6) is 0 Å². The maximum Gasteiger partial charge on any atom is 0.262 e. The minimum atomic E-state index is -3.84. The molecule has 4 rings (SSSR count). The Morgan fingerprint density at radius 3 is 2.51 bits per heavy atom. The molecule has 0 spiro atoms. The lowest BCUT2D eigenvalue weighted by Crippen LogP contribution is -2.14. The summed E-state index contributed by atoms with van der Waals surface area (Å²) in [6, 6.07) is 10.4. The zero-order valence-electron chi connectivity index (χ0n) is 20.2. The van der Waals surface area contributed by atoms with Crippen LogP contribution in [0.4, 0.5) is 10.8 Å². The summed E-state index contributed by atoms with van der Waals surface area (Å²) in [5.74, 6) is 0.636. The highest BCUT2D eigenvalue weighted by atomic mass is 35.5. The molecule has 1 fully saturated rings. The Morgan fingerprint density at radius 1 is 1.09 bits per heavy atom. The third-order valence-electron chi connectivity index (χ3n) is 6.46. The van der Waals surface area contributed by atoms with E-state index in [9.17, 15) is 13.2 Å². The van der Waals surface area contributed by atoms with Crippen LogP contribution in [-0.2, 0) is 14.8 Å². The molecule has 1 aliphatic rings. The monoisotopic (exact) mass is 531 g/mol. The third-order valence-corrected chi connectivity index (χ3v) is 9.51. The van der Waals surface area contributed by atoms with Gasteiger partial charge in [0.2, 0.25) is 5.91 Å². The van der Waals surface area contributed by atoms with Crippen LogP contribution >= 0.6 is 22.9 Å². The number of rotatable bonds is 8. The molecular formula is C26H30ClN3O3S2. The summed E-state index contributed by atoms with van der Waals surface area (Å²) in [5, 5.41) is 3.95. The zero-order valence-corrected chi connectivity index (χ0v) is 22.5. The first-order chi connectivity index (χ1) is 16.6. The number of hydrogen-bond donors (Lipinski definition) is 2. The van der Waals surface area contributed by atoms with Gasteiger partial charge in [0.05, 0.1) is 21.2 Å². The van der Waals surface area contributed by atoms with E-state index in [0.717, 1.165) is 28.1 Å². The minimum absolute atomic E-state index is 0.0228. The number of hydrogen-bond acceptors (Lipinski definition) is 5. The summed E-state index contributed by atoms with van der Waals surface area (Å²) in [7, 11) is -3.84. The van der Waals surface area contributed by atoms with Gasteiger partial charge in [-0.15, -0.1) is 0 Å². The van der Waals surface area contributed by atoms with E-state index in [-0.39, 0.29) is 10.8 Å². The Morgan fingerprint density at radius 2 is 1.80 bits per heavy atom. The molecule has 2 aromatic carbocycles. The van der Waals surface area contributed by atoms with Crippen molar-refractivity contribution in [2.24, 2.45) is 5.92 Å². The molecule has 6 nitrogen and oxygen atoms in total. The van der Waals surface area contributed by atoms with Gasteiger partial charge < -0.3 is 5.32 Å². The van der Waals surface area contributed by atoms with E-state index >= 15 is 0 Å². The number of halogens is 1. The van der Waals surface area contributed by atoms with Crippen molar-refractivity contribution < 1.29 is 13.2 Å². The Labute approximate surface area is 216 Å². The van der Waals surface area contributed by atoms with E-state index in [1.807, 2.05) is 19.9 Å². The topological polar surface area (TPSA) is 88.2 Å². The van der Waals surface area contributed by atoms with Crippen LogP contribution in [0.1, 0.15) is 55.3 Å². The number of nitrogens with one attached hydrogen (secondary N) is 2. The molecular weight excluding hydrogens is 502 g/mol. The normalized spacial score (nSPS) is 14.3. The summed E-state index contributed by atoms with van der Waals surface area (Å²) in [4.78, 5) is 18.0. The fraction of sp³-hybridized carbons (Fsp3) is 0.385. The second-order valence-electron chi connectivity index (χ2n) is 9.22. The van der Waals surface area contributed by atoms with E-state index in [4.69, 9.17) is 11.6 Å². The van der Waals surface area contributed by atoms with E-state index in [2.05, 4.69) is 15.0 Å². The number of nitrogens with zero attached hydrogens (tertiary/aromatic N) is 1. The zero-order chi connectivity index (χ0) is 25.2. The number of aromatic nitrogens is 1. The van der Waals surface area contributed by atoms with E-state index in [1.54, 1.807) is 37.3 Å². The third kappa shape index (κ3) is 6.23. The molecule has 0 saturated heterocycles. The Bertz CT molecular complexity index is 1350. The predicted octanol–water partition coefficient (Wildman–Crippen LogP) is 7.10. The van der Waals surface area contributed by atoms with E-state index < -0.39 is 10.0 Å². The van der Waals surface area contributed by atoms with Gasteiger partial charge in [0.15, 0.2) is 5.13 Å². The first kappa shape index (κ1) is 25.7. The van der Waals surface area contributed by atoms with Gasteiger partial charge in [0.1, 0.15) is 0 Å². The van der Waals surface area contributed by atoms with E-state index in [1.165, 1.54) is 37.0 Å². The predicted molar refractivity (Wildman–Crippen MR) is 144 cm³/mol. The van der Waals surface area contributed by atoms with Crippen LogP contribution in [0.3, 0.4) is 0 Å². The number of sulfonamides is 1. The van der Waals surface area contributed by atoms with Crippen LogP contribution in [0.2, 0.25) is 5.02 Å². The molecule has 1 heterocycles. The standard InChI is InChI=1S/C26H30ClN3O3S2/c1-16-9-12-21(15-22(16)27)30-35(32,33)23-14-20(11-8-17(23)2)25-18(3)28-26(34-25)29-24(31)13-10-19-6-4-5-7-19/h8-9,11-12,14-15,19,30H,4-7,10,13H2,1-3H3,(H,28,29,31). The highest BCUT2D eigenvalue weighted by Crippen LogP contribution is 2.35. The van der Waals surface area contributed by atoms with Crippen molar-refractivity contribution in [3.05, 3.63) is 58.2 Å². The average Bonchev–Trinajstić information content (AvgIpc) is 3.44. The Kier molecular flexibility index (Phi) is 7.83. The second-order valence-corrected chi connectivity index (χ2v) is 12.3. The molecule has 2 N–H and O–H groups in total. The Balaban J connectivity index is 1.52. The molecule has 1 saturated carbocycles.